The summed E-state index contributed by atoms with van der Waals surface area (Å²) in [7, 11) is 1.23. The molecular formula is C21H19FN2O4. The zero-order chi connectivity index (χ0) is 20.1. The number of carbonyl (C=O) groups is 2. The molecule has 144 valence electrons. The number of nitrogens with zero attached hydrogens (tertiary/aromatic N) is 1. The van der Waals surface area contributed by atoms with Crippen molar-refractivity contribution >= 4 is 28.5 Å². The molecule has 0 radical (unpaired) electrons. The van der Waals surface area contributed by atoms with Gasteiger partial charge in [0.25, 0.3) is 5.91 Å². The molecule has 6 nitrogen and oxygen atoms in total. The number of methoxy groups -OCH3 is 1. The van der Waals surface area contributed by atoms with Crippen molar-refractivity contribution in [3.8, 4) is 5.75 Å². The molecule has 1 heterocycles. The summed E-state index contributed by atoms with van der Waals surface area (Å²) in [5.74, 6) is -1.35. The molecule has 0 aliphatic heterocycles. The molecule has 2 aromatic carbocycles. The summed E-state index contributed by atoms with van der Waals surface area (Å²) in [6.45, 7) is 1.71. The molecular weight excluding hydrogens is 363 g/mol. The normalized spacial score (nSPS) is 10.5. The Bertz CT molecular complexity index is 1040. The Kier molecular flexibility index (Phi) is 5.84. The molecule has 0 aliphatic rings. The van der Waals surface area contributed by atoms with Crippen LogP contribution >= 0.6 is 0 Å². The van der Waals surface area contributed by atoms with E-state index < -0.39 is 11.8 Å². The number of aryl methyl sites for hydroxylation is 1. The van der Waals surface area contributed by atoms with Crippen LogP contribution in [0.2, 0.25) is 0 Å². The molecule has 28 heavy (non-hydrogen) atoms. The second-order valence-corrected chi connectivity index (χ2v) is 6.05. The van der Waals surface area contributed by atoms with E-state index in [4.69, 9.17) is 4.74 Å². The predicted molar refractivity (Wildman–Crippen MR) is 103 cm³/mol. The molecule has 3 rings (SSSR count). The summed E-state index contributed by atoms with van der Waals surface area (Å²) in [5, 5.41) is 3.10. The highest BCUT2D eigenvalue weighted by molar-refractivity contribution is 5.95. The maximum atomic E-state index is 13.6. The average Bonchev–Trinajstić information content (AvgIpc) is 2.71. The van der Waals surface area contributed by atoms with E-state index in [1.807, 2.05) is 25.1 Å². The number of fused-ring (bicyclic) bond motifs is 1. The van der Waals surface area contributed by atoms with Gasteiger partial charge < -0.3 is 14.8 Å². The average molecular weight is 382 g/mol. The first-order chi connectivity index (χ1) is 13.5. The van der Waals surface area contributed by atoms with Gasteiger partial charge in [-0.2, -0.15) is 0 Å². The van der Waals surface area contributed by atoms with Crippen LogP contribution in [0.1, 0.15) is 23.0 Å². The number of rotatable bonds is 6. The number of anilines is 1. The van der Waals surface area contributed by atoms with Crippen LogP contribution in [-0.2, 0) is 16.0 Å². The van der Waals surface area contributed by atoms with Gasteiger partial charge in [0.05, 0.1) is 12.6 Å². The highest BCUT2D eigenvalue weighted by Crippen LogP contribution is 2.27. The molecule has 0 atom stereocenters. The number of ether oxygens (including phenoxy) is 2. The second-order valence-electron chi connectivity index (χ2n) is 6.05. The number of hydrogen-bond acceptors (Lipinski definition) is 5. The van der Waals surface area contributed by atoms with Crippen LogP contribution in [-0.4, -0.2) is 30.6 Å². The van der Waals surface area contributed by atoms with Gasteiger partial charge in [-0.1, -0.05) is 19.1 Å². The smallest absolute Gasteiger partial charge is 0.356 e. The monoisotopic (exact) mass is 382 g/mol. The van der Waals surface area contributed by atoms with E-state index in [0.29, 0.717) is 16.6 Å². The van der Waals surface area contributed by atoms with Crippen molar-refractivity contribution in [2.75, 3.05) is 19.0 Å². The quantitative estimate of drug-likeness (QED) is 0.657. The Labute approximate surface area is 161 Å². The van der Waals surface area contributed by atoms with E-state index in [1.165, 1.54) is 31.4 Å². The third-order valence-corrected chi connectivity index (χ3v) is 4.11. The fourth-order valence-corrected chi connectivity index (χ4v) is 2.71. The van der Waals surface area contributed by atoms with Gasteiger partial charge >= 0.3 is 5.97 Å². The molecule has 0 saturated heterocycles. The van der Waals surface area contributed by atoms with E-state index >= 15 is 0 Å². The summed E-state index contributed by atoms with van der Waals surface area (Å²) >= 11 is 0. The Hall–Kier alpha value is -3.48. The van der Waals surface area contributed by atoms with Gasteiger partial charge in [-0.3, -0.25) is 4.79 Å². The number of hydrogen-bond donors (Lipinski definition) is 1. The first-order valence-electron chi connectivity index (χ1n) is 8.70. The molecule has 0 spiro atoms. The Morgan fingerprint density at radius 2 is 1.96 bits per heavy atom. The van der Waals surface area contributed by atoms with Crippen molar-refractivity contribution < 1.29 is 23.5 Å². The standard InChI is InChI=1S/C21H19FN2O4/c1-3-13-5-4-6-15(9-13)23-20(25)12-28-19-11-18(21(26)27-2)24-17-8-7-14(22)10-16(17)19/h4-11H,3,12H2,1-2H3,(H,23,25). The zero-order valence-electron chi connectivity index (χ0n) is 15.5. The summed E-state index contributed by atoms with van der Waals surface area (Å²) in [5.41, 5.74) is 2.12. The van der Waals surface area contributed by atoms with Crippen molar-refractivity contribution in [1.29, 1.82) is 0 Å². The van der Waals surface area contributed by atoms with Crippen LogP contribution in [0.15, 0.2) is 48.5 Å². The van der Waals surface area contributed by atoms with Gasteiger partial charge in [-0.15, -0.1) is 0 Å². The van der Waals surface area contributed by atoms with Crippen LogP contribution < -0.4 is 10.1 Å². The molecule has 1 amide bonds. The van der Waals surface area contributed by atoms with Crippen molar-refractivity contribution in [3.05, 3.63) is 65.6 Å². The molecule has 0 aliphatic carbocycles. The lowest BCUT2D eigenvalue weighted by Crippen LogP contribution is -2.20. The minimum absolute atomic E-state index is 0.00710. The number of benzene rings is 2. The molecule has 1 aromatic heterocycles. The van der Waals surface area contributed by atoms with Gasteiger partial charge in [0.2, 0.25) is 0 Å². The number of aromatic nitrogens is 1. The second kappa shape index (κ2) is 8.47. The first kappa shape index (κ1) is 19.3. The van der Waals surface area contributed by atoms with Crippen molar-refractivity contribution in [1.82, 2.24) is 4.98 Å². The number of halogens is 1. The number of esters is 1. The highest BCUT2D eigenvalue weighted by Gasteiger charge is 2.15. The summed E-state index contributed by atoms with van der Waals surface area (Å²) in [6.07, 6.45) is 0.852. The van der Waals surface area contributed by atoms with E-state index in [1.54, 1.807) is 6.07 Å². The SMILES string of the molecule is CCc1cccc(NC(=O)COc2cc(C(=O)OC)nc3ccc(F)cc23)c1. The van der Waals surface area contributed by atoms with Crippen LogP contribution in [0.25, 0.3) is 10.9 Å². The van der Waals surface area contributed by atoms with Crippen LogP contribution in [0, 0.1) is 5.82 Å². The summed E-state index contributed by atoms with van der Waals surface area (Å²) in [4.78, 5) is 28.2. The largest absolute Gasteiger partial charge is 0.483 e. The lowest BCUT2D eigenvalue weighted by Gasteiger charge is -2.11. The summed E-state index contributed by atoms with van der Waals surface area (Å²) in [6, 6.07) is 12.7. The minimum Gasteiger partial charge on any atom is -0.483 e. The lowest BCUT2D eigenvalue weighted by molar-refractivity contribution is -0.118. The van der Waals surface area contributed by atoms with Crippen LogP contribution in [0.3, 0.4) is 0 Å². The van der Waals surface area contributed by atoms with Gasteiger partial charge in [-0.25, -0.2) is 14.2 Å². The maximum absolute atomic E-state index is 13.6. The number of pyridine rings is 1. The van der Waals surface area contributed by atoms with Crippen molar-refractivity contribution in [3.63, 3.8) is 0 Å². The molecule has 3 aromatic rings. The van der Waals surface area contributed by atoms with Crippen LogP contribution in [0.5, 0.6) is 5.75 Å². The highest BCUT2D eigenvalue weighted by atomic mass is 19.1. The van der Waals surface area contributed by atoms with Gasteiger partial charge in [-0.05, 0) is 42.3 Å². The molecule has 1 N–H and O–H groups in total. The minimum atomic E-state index is -0.656. The maximum Gasteiger partial charge on any atom is 0.356 e. The molecule has 0 bridgehead atoms. The van der Waals surface area contributed by atoms with Gasteiger partial charge in [0.1, 0.15) is 11.6 Å². The molecule has 0 unspecified atom stereocenters. The zero-order valence-corrected chi connectivity index (χ0v) is 15.5. The van der Waals surface area contributed by atoms with Gasteiger partial charge in [0, 0.05) is 17.1 Å². The van der Waals surface area contributed by atoms with E-state index in [9.17, 15) is 14.0 Å². The lowest BCUT2D eigenvalue weighted by atomic mass is 10.1. The third-order valence-electron chi connectivity index (χ3n) is 4.11. The molecule has 0 saturated carbocycles. The van der Waals surface area contributed by atoms with Gasteiger partial charge in [0.15, 0.2) is 12.3 Å². The predicted octanol–water partition coefficient (Wildman–Crippen LogP) is 3.74. The third kappa shape index (κ3) is 4.43. The number of carbonyl (C=O) groups excluding carboxylic acids is 2. The van der Waals surface area contributed by atoms with Crippen molar-refractivity contribution in [2.24, 2.45) is 0 Å². The summed E-state index contributed by atoms with van der Waals surface area (Å²) < 4.78 is 23.9. The molecule has 0 fully saturated rings. The van der Waals surface area contributed by atoms with Crippen molar-refractivity contribution in [2.45, 2.75) is 13.3 Å². The number of nitrogens with one attached hydrogen (secondary N) is 1. The molecule has 7 heteroatoms. The topological polar surface area (TPSA) is 77.5 Å². The van der Waals surface area contributed by atoms with E-state index in [-0.39, 0.29) is 24.0 Å². The first-order valence-corrected chi connectivity index (χ1v) is 8.70. The number of amides is 1. The van der Waals surface area contributed by atoms with Crippen LogP contribution in [0.4, 0.5) is 10.1 Å². The Balaban J connectivity index is 1.81. The Morgan fingerprint density at radius 3 is 2.71 bits per heavy atom. The van der Waals surface area contributed by atoms with E-state index in [2.05, 4.69) is 15.0 Å². The fourth-order valence-electron chi connectivity index (χ4n) is 2.71. The fraction of sp³-hybridized carbons (Fsp3) is 0.190. The van der Waals surface area contributed by atoms with E-state index in [0.717, 1.165) is 12.0 Å². The Morgan fingerprint density at radius 1 is 1.14 bits per heavy atom.